The molecule has 0 amide bonds. The van der Waals surface area contributed by atoms with Gasteiger partial charge in [-0.3, -0.25) is 4.98 Å². The highest BCUT2D eigenvalue weighted by Crippen LogP contribution is 2.38. The monoisotopic (exact) mass is 379 g/mol. The summed E-state index contributed by atoms with van der Waals surface area (Å²) in [5.74, 6) is 0.650. The fourth-order valence-electron chi connectivity index (χ4n) is 2.58. The first-order valence-corrected chi connectivity index (χ1v) is 12.1. The second-order valence-corrected chi connectivity index (χ2v) is 13.1. The lowest BCUT2D eigenvalue weighted by Crippen LogP contribution is -2.43. The van der Waals surface area contributed by atoms with E-state index in [1.165, 1.54) is 12.1 Å². The lowest BCUT2D eigenvalue weighted by Gasteiger charge is -2.36. The zero-order valence-electron chi connectivity index (χ0n) is 16.6. The summed E-state index contributed by atoms with van der Waals surface area (Å²) in [7, 11) is -1.89. The smallest absolute Gasteiger partial charge is 0.250 e. The number of halogens is 1. The molecule has 0 bridgehead atoms. The molecule has 3 rings (SSSR count). The van der Waals surface area contributed by atoms with Gasteiger partial charge in [0.05, 0.1) is 5.69 Å². The highest BCUT2D eigenvalue weighted by Gasteiger charge is 2.38. The maximum Gasteiger partial charge on any atom is 0.250 e. The lowest BCUT2D eigenvalue weighted by molar-refractivity contribution is 0.492. The van der Waals surface area contributed by atoms with E-state index in [0.717, 1.165) is 28.1 Å². The molecule has 1 aromatic heterocycles. The van der Waals surface area contributed by atoms with E-state index in [1.807, 2.05) is 30.3 Å². The molecular weight excluding hydrogens is 353 g/mol. The predicted molar refractivity (Wildman–Crippen MR) is 113 cm³/mol. The molecule has 0 atom stereocenters. The maximum atomic E-state index is 13.2. The third kappa shape index (κ3) is 4.45. The standard InChI is InChI=1S/C23H26FNOSi/c1-23(2,3)27(4,5)26-21-8-6-7-19(15-21)22-16-18(13-14-25-22)17-9-11-20(24)12-10-17/h6-16H,1-5H3. The van der Waals surface area contributed by atoms with Gasteiger partial charge in [0.25, 0.3) is 0 Å². The van der Waals surface area contributed by atoms with Gasteiger partial charge in [-0.1, -0.05) is 45.0 Å². The van der Waals surface area contributed by atoms with Crippen LogP contribution in [0.2, 0.25) is 18.1 Å². The number of rotatable bonds is 4. The fourth-order valence-corrected chi connectivity index (χ4v) is 3.60. The third-order valence-electron chi connectivity index (χ3n) is 5.25. The van der Waals surface area contributed by atoms with Gasteiger partial charge in [-0.25, -0.2) is 4.39 Å². The van der Waals surface area contributed by atoms with Gasteiger partial charge >= 0.3 is 0 Å². The molecule has 4 heteroatoms. The van der Waals surface area contributed by atoms with Gasteiger partial charge in [0.15, 0.2) is 0 Å². The molecule has 3 aromatic rings. The number of aromatic nitrogens is 1. The van der Waals surface area contributed by atoms with Gasteiger partial charge in [0.1, 0.15) is 11.6 Å². The molecule has 0 aliphatic carbocycles. The minimum Gasteiger partial charge on any atom is -0.543 e. The molecule has 0 saturated carbocycles. The predicted octanol–water partition coefficient (Wildman–Crippen LogP) is 6.94. The van der Waals surface area contributed by atoms with E-state index in [-0.39, 0.29) is 10.9 Å². The summed E-state index contributed by atoms with van der Waals surface area (Å²) in [6, 6.07) is 18.6. The van der Waals surface area contributed by atoms with Crippen LogP contribution in [0.3, 0.4) is 0 Å². The second kappa shape index (κ2) is 7.28. The Labute approximate surface area is 162 Å². The first-order chi connectivity index (χ1) is 12.7. The average molecular weight is 380 g/mol. The highest BCUT2D eigenvalue weighted by atomic mass is 28.4. The molecule has 2 nitrogen and oxygen atoms in total. The zero-order chi connectivity index (χ0) is 19.7. The first kappa shape index (κ1) is 19.3. The van der Waals surface area contributed by atoms with Crippen LogP contribution in [-0.4, -0.2) is 13.3 Å². The highest BCUT2D eigenvalue weighted by molar-refractivity contribution is 6.74. The lowest BCUT2D eigenvalue weighted by atomic mass is 10.0. The molecule has 0 aliphatic heterocycles. The van der Waals surface area contributed by atoms with E-state index in [4.69, 9.17) is 4.43 Å². The number of pyridine rings is 1. The van der Waals surface area contributed by atoms with Gasteiger partial charge in [-0.15, -0.1) is 0 Å². The fraction of sp³-hybridized carbons (Fsp3) is 0.261. The quantitative estimate of drug-likeness (QED) is 0.458. The van der Waals surface area contributed by atoms with Crippen LogP contribution < -0.4 is 4.43 Å². The third-order valence-corrected chi connectivity index (χ3v) is 9.60. The van der Waals surface area contributed by atoms with E-state index >= 15 is 0 Å². The van der Waals surface area contributed by atoms with Crippen molar-refractivity contribution in [2.24, 2.45) is 0 Å². The van der Waals surface area contributed by atoms with Gasteiger partial charge in [-0.05, 0) is 65.7 Å². The van der Waals surface area contributed by atoms with Gasteiger partial charge in [0, 0.05) is 11.8 Å². The first-order valence-electron chi connectivity index (χ1n) is 9.17. The number of hydrogen-bond acceptors (Lipinski definition) is 2. The number of hydrogen-bond donors (Lipinski definition) is 0. The van der Waals surface area contributed by atoms with Crippen LogP contribution >= 0.6 is 0 Å². The van der Waals surface area contributed by atoms with Crippen molar-refractivity contribution in [1.29, 1.82) is 0 Å². The Kier molecular flexibility index (Phi) is 5.20. The Morgan fingerprint density at radius 2 is 1.56 bits per heavy atom. The molecule has 0 N–H and O–H groups in total. The van der Waals surface area contributed by atoms with E-state index in [2.05, 4.69) is 44.9 Å². The zero-order valence-corrected chi connectivity index (χ0v) is 17.6. The summed E-state index contributed by atoms with van der Waals surface area (Å²) >= 11 is 0. The normalized spacial score (nSPS) is 12.1. The topological polar surface area (TPSA) is 22.1 Å². The van der Waals surface area contributed by atoms with Crippen molar-refractivity contribution < 1.29 is 8.82 Å². The Balaban J connectivity index is 1.91. The summed E-state index contributed by atoms with van der Waals surface area (Å²) in [5, 5.41) is 0.143. The van der Waals surface area contributed by atoms with Crippen molar-refractivity contribution >= 4 is 8.32 Å². The van der Waals surface area contributed by atoms with Crippen molar-refractivity contribution in [3.63, 3.8) is 0 Å². The summed E-state index contributed by atoms with van der Waals surface area (Å²) in [5.41, 5.74) is 3.86. The SMILES string of the molecule is CC(C)(C)[Si](C)(C)Oc1cccc(-c2cc(-c3ccc(F)cc3)ccn2)c1. The Hall–Kier alpha value is -2.46. The summed E-state index contributed by atoms with van der Waals surface area (Å²) < 4.78 is 19.6. The van der Waals surface area contributed by atoms with Crippen LogP contribution in [0.5, 0.6) is 5.75 Å². The largest absolute Gasteiger partial charge is 0.543 e. The second-order valence-electron chi connectivity index (χ2n) is 8.33. The Morgan fingerprint density at radius 3 is 2.22 bits per heavy atom. The van der Waals surface area contributed by atoms with E-state index in [9.17, 15) is 4.39 Å². The molecule has 1 heterocycles. The van der Waals surface area contributed by atoms with E-state index in [1.54, 1.807) is 18.3 Å². The summed E-state index contributed by atoms with van der Waals surface area (Å²) in [6.45, 7) is 11.2. The molecule has 0 aliphatic rings. The molecule has 0 unspecified atom stereocenters. The minimum atomic E-state index is -1.89. The van der Waals surface area contributed by atoms with Gasteiger partial charge in [0.2, 0.25) is 8.32 Å². The van der Waals surface area contributed by atoms with Crippen LogP contribution in [-0.2, 0) is 0 Å². The Bertz CT molecular complexity index is 930. The summed E-state index contributed by atoms with van der Waals surface area (Å²) in [6.07, 6.45) is 1.79. The maximum absolute atomic E-state index is 13.2. The van der Waals surface area contributed by atoms with Crippen LogP contribution in [0.1, 0.15) is 20.8 Å². The van der Waals surface area contributed by atoms with Crippen LogP contribution in [0.25, 0.3) is 22.4 Å². The Morgan fingerprint density at radius 1 is 0.852 bits per heavy atom. The average Bonchev–Trinajstić information content (AvgIpc) is 2.61. The molecule has 0 spiro atoms. The van der Waals surface area contributed by atoms with Crippen LogP contribution in [0.15, 0.2) is 66.9 Å². The molecular formula is C23H26FNOSi. The van der Waals surface area contributed by atoms with Crippen molar-refractivity contribution in [2.45, 2.75) is 38.9 Å². The molecule has 0 fully saturated rings. The molecule has 140 valence electrons. The molecule has 0 saturated heterocycles. The van der Waals surface area contributed by atoms with Crippen molar-refractivity contribution in [3.8, 4) is 28.1 Å². The summed E-state index contributed by atoms with van der Waals surface area (Å²) in [4.78, 5) is 4.52. The minimum absolute atomic E-state index is 0.143. The molecule has 2 aromatic carbocycles. The van der Waals surface area contributed by atoms with Crippen LogP contribution in [0, 0.1) is 5.82 Å². The van der Waals surface area contributed by atoms with E-state index < -0.39 is 8.32 Å². The number of benzene rings is 2. The number of nitrogens with zero attached hydrogens (tertiary/aromatic N) is 1. The van der Waals surface area contributed by atoms with Crippen molar-refractivity contribution in [2.75, 3.05) is 0 Å². The van der Waals surface area contributed by atoms with Crippen LogP contribution in [0.4, 0.5) is 4.39 Å². The van der Waals surface area contributed by atoms with Crippen molar-refractivity contribution in [3.05, 3.63) is 72.7 Å². The van der Waals surface area contributed by atoms with Crippen molar-refractivity contribution in [1.82, 2.24) is 4.98 Å². The van der Waals surface area contributed by atoms with Gasteiger partial charge < -0.3 is 4.43 Å². The molecule has 0 radical (unpaired) electrons. The molecule has 27 heavy (non-hydrogen) atoms. The van der Waals surface area contributed by atoms with E-state index in [0.29, 0.717) is 0 Å². The van der Waals surface area contributed by atoms with Gasteiger partial charge in [-0.2, -0.15) is 0 Å².